The minimum absolute atomic E-state index is 0.0338. The Morgan fingerprint density at radius 2 is 1.87 bits per heavy atom. The molecule has 1 aromatic rings. The molecule has 0 radical (unpaired) electrons. The standard InChI is InChI=1S/C16H25N7O7/c1-7(24)13(16(29)30)23-12(26)5-20-15(28)10(2-8-4-19-6-21-8)22-14(27)9(17)3-11(18)25/h4,6-7,9-10,13,24H,2-3,5,17H2,1H3,(H2,18,25)(H,19,21)(H,20,28)(H,22,27)(H,23,26)(H,29,30). The molecule has 4 unspecified atom stereocenters. The first-order chi connectivity index (χ1) is 14.0. The maximum atomic E-state index is 12.5. The molecule has 14 heteroatoms. The Morgan fingerprint density at radius 1 is 1.20 bits per heavy atom. The molecule has 1 heterocycles. The second-order valence-electron chi connectivity index (χ2n) is 6.46. The first kappa shape index (κ1) is 24.5. The molecule has 166 valence electrons. The molecule has 0 aromatic carbocycles. The van der Waals surface area contributed by atoms with Crippen molar-refractivity contribution in [1.82, 2.24) is 25.9 Å². The third-order valence-corrected chi connectivity index (χ3v) is 3.86. The number of carboxylic acid groups (broad SMARTS) is 1. The summed E-state index contributed by atoms with van der Waals surface area (Å²) >= 11 is 0. The summed E-state index contributed by atoms with van der Waals surface area (Å²) in [6.07, 6.45) is 0.959. The van der Waals surface area contributed by atoms with E-state index in [1.807, 2.05) is 0 Å². The van der Waals surface area contributed by atoms with Gasteiger partial charge in [-0.1, -0.05) is 0 Å². The summed E-state index contributed by atoms with van der Waals surface area (Å²) in [5, 5.41) is 25.0. The fourth-order valence-corrected chi connectivity index (χ4v) is 2.32. The highest BCUT2D eigenvalue weighted by Gasteiger charge is 2.27. The lowest BCUT2D eigenvalue weighted by Gasteiger charge is -2.21. The summed E-state index contributed by atoms with van der Waals surface area (Å²) in [5.41, 5.74) is 11.1. The largest absolute Gasteiger partial charge is 0.480 e. The smallest absolute Gasteiger partial charge is 0.328 e. The van der Waals surface area contributed by atoms with E-state index in [2.05, 4.69) is 25.9 Å². The molecule has 0 saturated heterocycles. The molecule has 0 saturated carbocycles. The number of primary amides is 1. The fourth-order valence-electron chi connectivity index (χ4n) is 2.32. The number of nitrogens with one attached hydrogen (secondary N) is 4. The Bertz CT molecular complexity index is 766. The number of aliphatic hydroxyl groups excluding tert-OH is 1. The van der Waals surface area contributed by atoms with Crippen molar-refractivity contribution in [2.75, 3.05) is 6.54 Å². The van der Waals surface area contributed by atoms with Crippen LogP contribution in [0, 0.1) is 0 Å². The number of hydrogen-bond acceptors (Lipinski definition) is 8. The second kappa shape index (κ2) is 11.5. The molecular weight excluding hydrogens is 402 g/mol. The summed E-state index contributed by atoms with van der Waals surface area (Å²) < 4.78 is 0. The quantitative estimate of drug-likeness (QED) is 0.161. The van der Waals surface area contributed by atoms with Crippen LogP contribution >= 0.6 is 0 Å². The highest BCUT2D eigenvalue weighted by Crippen LogP contribution is 2.01. The fraction of sp³-hybridized carbons (Fsp3) is 0.500. The second-order valence-corrected chi connectivity index (χ2v) is 6.46. The Balaban J connectivity index is 2.75. The van der Waals surface area contributed by atoms with Crippen LogP contribution in [0.1, 0.15) is 19.0 Å². The SMILES string of the molecule is CC(O)C(NC(=O)CNC(=O)C(Cc1cnc[nH]1)NC(=O)C(N)CC(N)=O)C(=O)O. The zero-order valence-electron chi connectivity index (χ0n) is 16.1. The van der Waals surface area contributed by atoms with E-state index >= 15 is 0 Å². The highest BCUT2D eigenvalue weighted by molar-refractivity contribution is 5.94. The lowest BCUT2D eigenvalue weighted by molar-refractivity contribution is -0.144. The third kappa shape index (κ3) is 8.24. The lowest BCUT2D eigenvalue weighted by Crippen LogP contribution is -2.55. The molecule has 4 amide bonds. The summed E-state index contributed by atoms with van der Waals surface area (Å²) in [6.45, 7) is 0.570. The number of aliphatic carboxylic acids is 1. The van der Waals surface area contributed by atoms with Crippen LogP contribution in [0.2, 0.25) is 0 Å². The van der Waals surface area contributed by atoms with E-state index in [-0.39, 0.29) is 6.42 Å². The molecule has 1 aromatic heterocycles. The molecule has 0 aliphatic rings. The number of carbonyl (C=O) groups is 5. The summed E-state index contributed by atoms with van der Waals surface area (Å²) in [7, 11) is 0. The van der Waals surface area contributed by atoms with Gasteiger partial charge in [0.1, 0.15) is 6.04 Å². The number of aliphatic hydroxyl groups is 1. The van der Waals surface area contributed by atoms with Crippen molar-refractivity contribution in [1.29, 1.82) is 0 Å². The molecular formula is C16H25N7O7. The van der Waals surface area contributed by atoms with Gasteiger partial charge in [-0.2, -0.15) is 0 Å². The van der Waals surface area contributed by atoms with Crippen LogP contribution in [-0.2, 0) is 30.4 Å². The molecule has 4 atom stereocenters. The van der Waals surface area contributed by atoms with Crippen LogP contribution in [0.5, 0.6) is 0 Å². The molecule has 30 heavy (non-hydrogen) atoms. The number of nitrogens with zero attached hydrogens (tertiary/aromatic N) is 1. The van der Waals surface area contributed by atoms with Crippen LogP contribution < -0.4 is 27.4 Å². The van der Waals surface area contributed by atoms with Gasteiger partial charge in [0, 0.05) is 18.3 Å². The minimum Gasteiger partial charge on any atom is -0.480 e. The van der Waals surface area contributed by atoms with Gasteiger partial charge in [-0.05, 0) is 6.92 Å². The highest BCUT2D eigenvalue weighted by atomic mass is 16.4. The topological polar surface area (TPSA) is 243 Å². The molecule has 0 fully saturated rings. The molecule has 14 nitrogen and oxygen atoms in total. The van der Waals surface area contributed by atoms with Gasteiger partial charge >= 0.3 is 5.97 Å². The van der Waals surface area contributed by atoms with Gasteiger partial charge in [0.05, 0.1) is 31.4 Å². The van der Waals surface area contributed by atoms with E-state index in [9.17, 15) is 29.1 Å². The number of aromatic amines is 1. The van der Waals surface area contributed by atoms with Crippen LogP contribution in [0.3, 0.4) is 0 Å². The summed E-state index contributed by atoms with van der Waals surface area (Å²) in [6, 6.07) is -4.01. The zero-order chi connectivity index (χ0) is 22.8. The van der Waals surface area contributed by atoms with E-state index in [1.165, 1.54) is 19.4 Å². The number of amides is 4. The Morgan fingerprint density at radius 3 is 2.37 bits per heavy atom. The van der Waals surface area contributed by atoms with Crippen molar-refractivity contribution >= 4 is 29.6 Å². The van der Waals surface area contributed by atoms with Gasteiger partial charge in [-0.3, -0.25) is 19.2 Å². The number of hydrogen-bond donors (Lipinski definition) is 8. The van der Waals surface area contributed by atoms with Gasteiger partial charge in [-0.15, -0.1) is 0 Å². The molecule has 1 rings (SSSR count). The Kier molecular flexibility index (Phi) is 9.38. The van der Waals surface area contributed by atoms with Crippen molar-refractivity contribution < 1.29 is 34.2 Å². The zero-order valence-corrected chi connectivity index (χ0v) is 16.1. The first-order valence-electron chi connectivity index (χ1n) is 8.80. The molecule has 10 N–H and O–H groups in total. The van der Waals surface area contributed by atoms with E-state index in [0.29, 0.717) is 5.69 Å². The predicted molar refractivity (Wildman–Crippen MR) is 100 cm³/mol. The predicted octanol–water partition coefficient (Wildman–Crippen LogP) is -4.29. The number of nitrogens with two attached hydrogens (primary N) is 2. The van der Waals surface area contributed by atoms with Crippen molar-refractivity contribution in [3.63, 3.8) is 0 Å². The van der Waals surface area contributed by atoms with Crippen molar-refractivity contribution in [3.05, 3.63) is 18.2 Å². The van der Waals surface area contributed by atoms with E-state index < -0.39 is 66.8 Å². The molecule has 0 aliphatic heterocycles. The van der Waals surface area contributed by atoms with E-state index in [0.717, 1.165) is 0 Å². The van der Waals surface area contributed by atoms with Gasteiger partial charge in [0.2, 0.25) is 23.6 Å². The number of rotatable bonds is 12. The average Bonchev–Trinajstić information content (AvgIpc) is 3.15. The maximum Gasteiger partial charge on any atom is 0.328 e. The summed E-state index contributed by atoms with van der Waals surface area (Å²) in [5.74, 6) is -4.69. The van der Waals surface area contributed by atoms with Crippen molar-refractivity contribution in [3.8, 4) is 0 Å². The Labute approximate surface area is 170 Å². The normalized spacial score (nSPS) is 14.6. The minimum atomic E-state index is -1.55. The van der Waals surface area contributed by atoms with Gasteiger partial charge in [0.25, 0.3) is 0 Å². The lowest BCUT2D eigenvalue weighted by atomic mass is 10.1. The van der Waals surface area contributed by atoms with Crippen LogP contribution in [0.4, 0.5) is 0 Å². The van der Waals surface area contributed by atoms with Crippen LogP contribution in [0.25, 0.3) is 0 Å². The van der Waals surface area contributed by atoms with Crippen LogP contribution in [-0.4, -0.2) is 80.6 Å². The van der Waals surface area contributed by atoms with Crippen molar-refractivity contribution in [2.24, 2.45) is 11.5 Å². The van der Waals surface area contributed by atoms with Crippen LogP contribution in [0.15, 0.2) is 12.5 Å². The van der Waals surface area contributed by atoms with Crippen molar-refractivity contribution in [2.45, 2.75) is 44.0 Å². The third-order valence-electron chi connectivity index (χ3n) is 3.86. The molecule has 0 aliphatic carbocycles. The van der Waals surface area contributed by atoms with Gasteiger partial charge < -0.3 is 42.6 Å². The number of H-pyrrole nitrogens is 1. The average molecular weight is 427 g/mol. The maximum absolute atomic E-state index is 12.5. The first-order valence-corrected chi connectivity index (χ1v) is 8.80. The number of carbonyl (C=O) groups excluding carboxylic acids is 4. The summed E-state index contributed by atoms with van der Waals surface area (Å²) in [4.78, 5) is 65.0. The number of aromatic nitrogens is 2. The van der Waals surface area contributed by atoms with E-state index in [1.54, 1.807) is 0 Å². The molecule has 0 spiro atoms. The Hall–Kier alpha value is -3.52. The number of imidazole rings is 1. The van der Waals surface area contributed by atoms with E-state index in [4.69, 9.17) is 16.6 Å². The number of carboxylic acids is 1. The molecule has 0 bridgehead atoms. The van der Waals surface area contributed by atoms with Gasteiger partial charge in [-0.25, -0.2) is 9.78 Å². The monoisotopic (exact) mass is 427 g/mol. The van der Waals surface area contributed by atoms with Gasteiger partial charge in [0.15, 0.2) is 6.04 Å².